The molecular formula is C16H17BrClN. The largest absolute Gasteiger partial charge is 0.306 e. The second-order valence-electron chi connectivity index (χ2n) is 4.49. The first-order valence-electron chi connectivity index (χ1n) is 6.45. The summed E-state index contributed by atoms with van der Waals surface area (Å²) < 4.78 is 1.10. The van der Waals surface area contributed by atoms with Crippen molar-refractivity contribution in [2.45, 2.75) is 19.4 Å². The van der Waals surface area contributed by atoms with Crippen LogP contribution in [0, 0.1) is 0 Å². The topological polar surface area (TPSA) is 12.0 Å². The summed E-state index contributed by atoms with van der Waals surface area (Å²) in [6.07, 6.45) is 1.11. The molecule has 0 heterocycles. The average molecular weight is 339 g/mol. The van der Waals surface area contributed by atoms with Gasteiger partial charge >= 0.3 is 0 Å². The fraction of sp³-hybridized carbons (Fsp3) is 0.250. The third kappa shape index (κ3) is 4.07. The maximum Gasteiger partial charge on any atom is 0.0577 e. The predicted molar refractivity (Wildman–Crippen MR) is 85.7 cm³/mol. The SMILES string of the molecule is CCCNC(c1ccc(Cl)cc1)c1cccc(Br)c1. The van der Waals surface area contributed by atoms with Crippen LogP contribution in [0.2, 0.25) is 5.02 Å². The maximum atomic E-state index is 5.96. The van der Waals surface area contributed by atoms with Crippen molar-refractivity contribution >= 4 is 27.5 Å². The van der Waals surface area contributed by atoms with E-state index in [1.54, 1.807) is 0 Å². The van der Waals surface area contributed by atoms with Gasteiger partial charge in [0.2, 0.25) is 0 Å². The first-order valence-corrected chi connectivity index (χ1v) is 7.62. The van der Waals surface area contributed by atoms with Crippen LogP contribution < -0.4 is 5.32 Å². The summed E-state index contributed by atoms with van der Waals surface area (Å²) >= 11 is 9.50. The van der Waals surface area contributed by atoms with E-state index in [9.17, 15) is 0 Å². The van der Waals surface area contributed by atoms with E-state index < -0.39 is 0 Å². The minimum atomic E-state index is 0.203. The first-order chi connectivity index (χ1) is 9.20. The molecule has 0 fully saturated rings. The van der Waals surface area contributed by atoms with Gasteiger partial charge in [0, 0.05) is 9.50 Å². The van der Waals surface area contributed by atoms with Gasteiger partial charge in [-0.1, -0.05) is 58.7 Å². The van der Waals surface area contributed by atoms with Crippen LogP contribution in [0.4, 0.5) is 0 Å². The minimum Gasteiger partial charge on any atom is -0.306 e. The molecular weight excluding hydrogens is 322 g/mol. The quantitative estimate of drug-likeness (QED) is 0.791. The van der Waals surface area contributed by atoms with Crippen molar-refractivity contribution in [3.8, 4) is 0 Å². The highest BCUT2D eigenvalue weighted by atomic mass is 79.9. The highest BCUT2D eigenvalue weighted by Gasteiger charge is 2.13. The third-order valence-corrected chi connectivity index (χ3v) is 3.73. The van der Waals surface area contributed by atoms with Gasteiger partial charge in [0.25, 0.3) is 0 Å². The number of hydrogen-bond acceptors (Lipinski definition) is 1. The van der Waals surface area contributed by atoms with Crippen molar-refractivity contribution in [2.24, 2.45) is 0 Å². The van der Waals surface area contributed by atoms with Crippen LogP contribution in [0.25, 0.3) is 0 Å². The Kier molecular flexibility index (Phi) is 5.44. The molecule has 1 nitrogen and oxygen atoms in total. The summed E-state index contributed by atoms with van der Waals surface area (Å²) in [5, 5.41) is 4.36. The molecule has 0 aliphatic carbocycles. The van der Waals surface area contributed by atoms with Gasteiger partial charge in [-0.3, -0.25) is 0 Å². The van der Waals surface area contributed by atoms with Gasteiger partial charge in [-0.25, -0.2) is 0 Å². The number of benzene rings is 2. The van der Waals surface area contributed by atoms with E-state index in [1.165, 1.54) is 11.1 Å². The van der Waals surface area contributed by atoms with Crippen molar-refractivity contribution in [2.75, 3.05) is 6.54 Å². The maximum absolute atomic E-state index is 5.96. The van der Waals surface area contributed by atoms with E-state index in [1.807, 2.05) is 18.2 Å². The van der Waals surface area contributed by atoms with Gasteiger partial charge in [0.05, 0.1) is 6.04 Å². The van der Waals surface area contributed by atoms with Gasteiger partial charge in [-0.2, -0.15) is 0 Å². The monoisotopic (exact) mass is 337 g/mol. The fourth-order valence-corrected chi connectivity index (χ4v) is 2.60. The minimum absolute atomic E-state index is 0.203. The molecule has 100 valence electrons. The van der Waals surface area contributed by atoms with E-state index in [-0.39, 0.29) is 6.04 Å². The zero-order valence-corrected chi connectivity index (χ0v) is 13.2. The summed E-state index contributed by atoms with van der Waals surface area (Å²) in [4.78, 5) is 0. The molecule has 3 heteroatoms. The summed E-state index contributed by atoms with van der Waals surface area (Å²) in [5.74, 6) is 0. The van der Waals surface area contributed by atoms with Crippen LogP contribution in [-0.2, 0) is 0 Å². The van der Waals surface area contributed by atoms with E-state index in [2.05, 4.69) is 58.5 Å². The van der Waals surface area contributed by atoms with Crippen LogP contribution in [0.3, 0.4) is 0 Å². The van der Waals surface area contributed by atoms with Crippen LogP contribution in [0.5, 0.6) is 0 Å². The Morgan fingerprint density at radius 2 is 1.84 bits per heavy atom. The number of hydrogen-bond donors (Lipinski definition) is 1. The van der Waals surface area contributed by atoms with Crippen LogP contribution in [0.1, 0.15) is 30.5 Å². The second-order valence-corrected chi connectivity index (χ2v) is 5.85. The molecule has 2 rings (SSSR count). The van der Waals surface area contributed by atoms with Gasteiger partial charge in [0.1, 0.15) is 0 Å². The first kappa shape index (κ1) is 14.6. The number of rotatable bonds is 5. The lowest BCUT2D eigenvalue weighted by molar-refractivity contribution is 0.598. The highest BCUT2D eigenvalue weighted by molar-refractivity contribution is 9.10. The molecule has 2 aromatic carbocycles. The van der Waals surface area contributed by atoms with E-state index in [0.717, 1.165) is 22.5 Å². The van der Waals surface area contributed by atoms with Crippen LogP contribution in [0.15, 0.2) is 53.0 Å². The normalized spacial score (nSPS) is 12.4. The lowest BCUT2D eigenvalue weighted by Gasteiger charge is -2.20. The van der Waals surface area contributed by atoms with Crippen molar-refractivity contribution in [1.82, 2.24) is 5.32 Å². The van der Waals surface area contributed by atoms with Crippen LogP contribution in [-0.4, -0.2) is 6.54 Å². The van der Waals surface area contributed by atoms with E-state index in [4.69, 9.17) is 11.6 Å². The Balaban J connectivity index is 2.32. The summed E-state index contributed by atoms with van der Waals surface area (Å²) in [6, 6.07) is 16.7. The molecule has 0 amide bonds. The van der Waals surface area contributed by atoms with E-state index >= 15 is 0 Å². The summed E-state index contributed by atoms with van der Waals surface area (Å²) in [7, 11) is 0. The van der Waals surface area contributed by atoms with Crippen molar-refractivity contribution < 1.29 is 0 Å². The molecule has 0 radical (unpaired) electrons. The zero-order chi connectivity index (χ0) is 13.7. The Bertz CT molecular complexity index is 525. The summed E-state index contributed by atoms with van der Waals surface area (Å²) in [6.45, 7) is 3.16. The second kappa shape index (κ2) is 7.09. The Hall–Kier alpha value is -0.830. The molecule has 0 aliphatic rings. The number of nitrogens with one attached hydrogen (secondary N) is 1. The molecule has 1 N–H and O–H groups in total. The standard InChI is InChI=1S/C16H17BrClN/c1-2-10-19-16(12-6-8-15(18)9-7-12)13-4-3-5-14(17)11-13/h3-9,11,16,19H,2,10H2,1H3. The van der Waals surface area contributed by atoms with Crippen molar-refractivity contribution in [1.29, 1.82) is 0 Å². The molecule has 0 aliphatic heterocycles. The van der Waals surface area contributed by atoms with Gasteiger partial charge < -0.3 is 5.32 Å². The lowest BCUT2D eigenvalue weighted by atomic mass is 9.98. The van der Waals surface area contributed by atoms with Crippen LogP contribution >= 0.6 is 27.5 Å². The third-order valence-electron chi connectivity index (χ3n) is 2.98. The summed E-state index contributed by atoms with van der Waals surface area (Å²) in [5.41, 5.74) is 2.49. The van der Waals surface area contributed by atoms with Gasteiger partial charge in [-0.15, -0.1) is 0 Å². The molecule has 1 atom stereocenters. The lowest BCUT2D eigenvalue weighted by Crippen LogP contribution is -2.23. The van der Waals surface area contributed by atoms with E-state index in [0.29, 0.717) is 0 Å². The highest BCUT2D eigenvalue weighted by Crippen LogP contribution is 2.25. The fourth-order valence-electron chi connectivity index (χ4n) is 2.06. The Morgan fingerprint density at radius 1 is 1.11 bits per heavy atom. The molecule has 0 saturated heterocycles. The average Bonchev–Trinajstić information content (AvgIpc) is 2.41. The molecule has 0 bridgehead atoms. The molecule has 0 saturated carbocycles. The van der Waals surface area contributed by atoms with Gasteiger partial charge in [-0.05, 0) is 48.4 Å². The Morgan fingerprint density at radius 3 is 2.47 bits per heavy atom. The van der Waals surface area contributed by atoms with Crippen molar-refractivity contribution in [3.63, 3.8) is 0 Å². The van der Waals surface area contributed by atoms with Gasteiger partial charge in [0.15, 0.2) is 0 Å². The Labute approximate surface area is 128 Å². The number of halogens is 2. The smallest absolute Gasteiger partial charge is 0.0577 e. The zero-order valence-electron chi connectivity index (χ0n) is 10.9. The molecule has 0 aromatic heterocycles. The molecule has 19 heavy (non-hydrogen) atoms. The van der Waals surface area contributed by atoms with Crippen molar-refractivity contribution in [3.05, 3.63) is 69.2 Å². The molecule has 2 aromatic rings. The molecule has 1 unspecified atom stereocenters. The molecule has 0 spiro atoms. The predicted octanol–water partition coefficient (Wildman–Crippen LogP) is 5.19.